The molecular formula is C19H19BrN4O. The molecule has 1 N–H and O–H groups in total. The molecule has 1 aliphatic rings. The van der Waals surface area contributed by atoms with Gasteiger partial charge in [0, 0.05) is 48.2 Å². The number of nitrogens with one attached hydrogen (secondary N) is 1. The number of pyridine rings is 1. The molecule has 1 aromatic carbocycles. The molecule has 5 nitrogen and oxygen atoms in total. The normalized spacial score (nSPS) is 16.7. The third-order valence-electron chi connectivity index (χ3n) is 4.87. The number of hydrogen-bond acceptors (Lipinski definition) is 5. The molecule has 128 valence electrons. The maximum Gasteiger partial charge on any atom is 0.154 e. The van der Waals surface area contributed by atoms with Crippen molar-refractivity contribution in [3.05, 3.63) is 59.0 Å². The van der Waals surface area contributed by atoms with Crippen LogP contribution in [0, 0.1) is 0 Å². The van der Waals surface area contributed by atoms with Gasteiger partial charge >= 0.3 is 0 Å². The molecule has 3 aromatic rings. The smallest absolute Gasteiger partial charge is 0.154 e. The predicted octanol–water partition coefficient (Wildman–Crippen LogP) is 3.95. The van der Waals surface area contributed by atoms with Crippen LogP contribution in [0.2, 0.25) is 0 Å². The van der Waals surface area contributed by atoms with Crippen LogP contribution in [0.4, 0.5) is 5.82 Å². The van der Waals surface area contributed by atoms with E-state index < -0.39 is 0 Å². The molecule has 0 radical (unpaired) electrons. The summed E-state index contributed by atoms with van der Waals surface area (Å²) < 4.78 is 6.72. The van der Waals surface area contributed by atoms with Gasteiger partial charge in [-0.15, -0.1) is 0 Å². The van der Waals surface area contributed by atoms with Crippen LogP contribution in [-0.4, -0.2) is 34.7 Å². The van der Waals surface area contributed by atoms with E-state index in [2.05, 4.69) is 60.5 Å². The van der Waals surface area contributed by atoms with Crippen molar-refractivity contribution >= 4 is 32.8 Å². The molecule has 3 heterocycles. The molecule has 0 aliphatic carbocycles. The number of anilines is 1. The van der Waals surface area contributed by atoms with Crippen LogP contribution in [-0.2, 0) is 10.2 Å². The Morgan fingerprint density at radius 1 is 1.04 bits per heavy atom. The fourth-order valence-corrected chi connectivity index (χ4v) is 3.83. The minimum atomic E-state index is 0.0219. The number of halogens is 1. The van der Waals surface area contributed by atoms with E-state index in [1.54, 1.807) is 18.6 Å². The van der Waals surface area contributed by atoms with Crippen LogP contribution in [0.3, 0.4) is 0 Å². The first-order chi connectivity index (χ1) is 12.3. The van der Waals surface area contributed by atoms with Gasteiger partial charge in [0.1, 0.15) is 5.52 Å². The summed E-state index contributed by atoms with van der Waals surface area (Å²) in [6.07, 6.45) is 7.14. The Labute approximate surface area is 155 Å². The second kappa shape index (κ2) is 7.06. The molecule has 1 aliphatic heterocycles. The van der Waals surface area contributed by atoms with Crippen molar-refractivity contribution in [1.82, 2.24) is 15.0 Å². The number of nitrogens with zero attached hydrogens (tertiary/aromatic N) is 3. The van der Waals surface area contributed by atoms with Gasteiger partial charge < -0.3 is 10.1 Å². The molecule has 4 rings (SSSR count). The van der Waals surface area contributed by atoms with Gasteiger partial charge in [0.15, 0.2) is 5.82 Å². The van der Waals surface area contributed by atoms with Crippen molar-refractivity contribution in [2.75, 3.05) is 25.1 Å². The zero-order chi connectivity index (χ0) is 17.1. The van der Waals surface area contributed by atoms with E-state index >= 15 is 0 Å². The van der Waals surface area contributed by atoms with E-state index in [1.807, 2.05) is 6.07 Å². The Hall–Kier alpha value is -2.05. The highest BCUT2D eigenvalue weighted by Gasteiger charge is 2.34. The van der Waals surface area contributed by atoms with Gasteiger partial charge in [-0.05, 0) is 36.6 Å². The van der Waals surface area contributed by atoms with Crippen LogP contribution in [0.25, 0.3) is 11.0 Å². The molecule has 6 heteroatoms. The number of hydrogen-bond donors (Lipinski definition) is 1. The number of aromatic nitrogens is 3. The third kappa shape index (κ3) is 3.37. The molecule has 0 unspecified atom stereocenters. The molecule has 0 atom stereocenters. The first-order valence-corrected chi connectivity index (χ1v) is 9.20. The maximum absolute atomic E-state index is 5.62. The van der Waals surface area contributed by atoms with E-state index in [9.17, 15) is 0 Å². The van der Waals surface area contributed by atoms with Crippen LogP contribution >= 0.6 is 15.9 Å². The van der Waals surface area contributed by atoms with E-state index in [-0.39, 0.29) is 5.41 Å². The molecule has 25 heavy (non-hydrogen) atoms. The Morgan fingerprint density at radius 2 is 1.88 bits per heavy atom. The largest absolute Gasteiger partial charge is 0.381 e. The van der Waals surface area contributed by atoms with Crippen LogP contribution < -0.4 is 5.32 Å². The molecular weight excluding hydrogens is 380 g/mol. The zero-order valence-corrected chi connectivity index (χ0v) is 15.4. The molecule has 2 aromatic heterocycles. The Balaban J connectivity index is 1.65. The lowest BCUT2D eigenvalue weighted by Gasteiger charge is -2.38. The highest BCUT2D eigenvalue weighted by atomic mass is 79.9. The minimum Gasteiger partial charge on any atom is -0.381 e. The van der Waals surface area contributed by atoms with E-state index in [0.29, 0.717) is 0 Å². The predicted molar refractivity (Wildman–Crippen MR) is 102 cm³/mol. The van der Waals surface area contributed by atoms with Crippen molar-refractivity contribution in [3.8, 4) is 0 Å². The fraction of sp³-hybridized carbons (Fsp3) is 0.316. The third-order valence-corrected chi connectivity index (χ3v) is 5.36. The standard InChI is InChI=1S/C19H19BrN4O/c20-15-3-1-2-14(12-15)19(5-10-25-11-6-19)13-24-18-17-16(4-7-23-18)21-8-9-22-17/h1-4,7-9,12H,5-6,10-11,13H2,(H,23,24). The summed E-state index contributed by atoms with van der Waals surface area (Å²) >= 11 is 3.60. The van der Waals surface area contributed by atoms with Gasteiger partial charge in [-0.2, -0.15) is 0 Å². The minimum absolute atomic E-state index is 0.0219. The maximum atomic E-state index is 5.62. The lowest BCUT2D eigenvalue weighted by molar-refractivity contribution is 0.0543. The average Bonchev–Trinajstić information content (AvgIpc) is 2.67. The number of rotatable bonds is 4. The van der Waals surface area contributed by atoms with Gasteiger partial charge in [-0.3, -0.25) is 4.98 Å². The number of benzene rings is 1. The van der Waals surface area contributed by atoms with Crippen molar-refractivity contribution in [3.63, 3.8) is 0 Å². The summed E-state index contributed by atoms with van der Waals surface area (Å²) in [7, 11) is 0. The number of ether oxygens (including phenoxy) is 1. The lowest BCUT2D eigenvalue weighted by Crippen LogP contribution is -2.40. The van der Waals surface area contributed by atoms with Crippen LogP contribution in [0.15, 0.2) is 53.4 Å². The average molecular weight is 399 g/mol. The van der Waals surface area contributed by atoms with E-state index in [0.717, 1.165) is 53.9 Å². The molecule has 0 amide bonds. The summed E-state index contributed by atoms with van der Waals surface area (Å²) in [6, 6.07) is 10.5. The fourth-order valence-electron chi connectivity index (χ4n) is 3.43. The summed E-state index contributed by atoms with van der Waals surface area (Å²) in [5.41, 5.74) is 3.00. The number of fused-ring (bicyclic) bond motifs is 1. The van der Waals surface area contributed by atoms with Gasteiger partial charge in [0.25, 0.3) is 0 Å². The zero-order valence-electron chi connectivity index (χ0n) is 13.8. The van der Waals surface area contributed by atoms with Gasteiger partial charge in [-0.25, -0.2) is 9.97 Å². The van der Waals surface area contributed by atoms with Crippen LogP contribution in [0.5, 0.6) is 0 Å². The summed E-state index contributed by atoms with van der Waals surface area (Å²) in [6.45, 7) is 2.34. The van der Waals surface area contributed by atoms with Crippen molar-refractivity contribution in [2.45, 2.75) is 18.3 Å². The van der Waals surface area contributed by atoms with Gasteiger partial charge in [-0.1, -0.05) is 28.1 Å². The quantitative estimate of drug-likeness (QED) is 0.720. The van der Waals surface area contributed by atoms with Gasteiger partial charge in [0.05, 0.1) is 5.52 Å². The highest BCUT2D eigenvalue weighted by molar-refractivity contribution is 9.10. The SMILES string of the molecule is Brc1cccc(C2(CNc3nccc4nccnc34)CCOCC2)c1. The monoisotopic (exact) mass is 398 g/mol. The summed E-state index contributed by atoms with van der Waals surface area (Å²) in [5, 5.41) is 3.53. The molecule has 0 bridgehead atoms. The first kappa shape index (κ1) is 16.4. The molecule has 0 spiro atoms. The van der Waals surface area contributed by atoms with Crippen molar-refractivity contribution < 1.29 is 4.74 Å². The first-order valence-electron chi connectivity index (χ1n) is 8.40. The Morgan fingerprint density at radius 3 is 2.72 bits per heavy atom. The van der Waals surface area contributed by atoms with E-state index in [1.165, 1.54) is 5.56 Å². The lowest BCUT2D eigenvalue weighted by atomic mass is 9.74. The summed E-state index contributed by atoms with van der Waals surface area (Å²) in [4.78, 5) is 13.3. The molecule has 1 fully saturated rings. The summed E-state index contributed by atoms with van der Waals surface area (Å²) in [5.74, 6) is 0.784. The second-order valence-corrected chi connectivity index (χ2v) is 7.26. The second-order valence-electron chi connectivity index (χ2n) is 6.34. The molecule has 0 saturated carbocycles. The van der Waals surface area contributed by atoms with Gasteiger partial charge in [0.2, 0.25) is 0 Å². The van der Waals surface area contributed by atoms with Crippen LogP contribution in [0.1, 0.15) is 18.4 Å². The van der Waals surface area contributed by atoms with Crippen molar-refractivity contribution in [1.29, 1.82) is 0 Å². The topological polar surface area (TPSA) is 59.9 Å². The van der Waals surface area contributed by atoms with Crippen molar-refractivity contribution in [2.24, 2.45) is 0 Å². The Bertz CT molecular complexity index is 875. The Kier molecular flexibility index (Phi) is 4.63. The molecule has 1 saturated heterocycles. The van der Waals surface area contributed by atoms with E-state index in [4.69, 9.17) is 4.74 Å². The highest BCUT2D eigenvalue weighted by Crippen LogP contribution is 2.36.